The molecule has 0 amide bonds. The summed E-state index contributed by atoms with van der Waals surface area (Å²) in [5.74, 6) is 0.185. The van der Waals surface area contributed by atoms with Crippen molar-refractivity contribution in [1.82, 2.24) is 4.98 Å². The predicted octanol–water partition coefficient (Wildman–Crippen LogP) is 4.06. The van der Waals surface area contributed by atoms with Crippen molar-refractivity contribution in [3.8, 4) is 22.6 Å². The first-order valence-corrected chi connectivity index (χ1v) is 6.53. The van der Waals surface area contributed by atoms with Crippen LogP contribution in [0.5, 0.6) is 11.5 Å². The molecule has 3 nitrogen and oxygen atoms in total. The van der Waals surface area contributed by atoms with Gasteiger partial charge in [-0.2, -0.15) is 0 Å². The average Bonchev–Trinajstić information content (AvgIpc) is 2.52. The molecular weight excluding hydrogens is 269 g/mol. The number of rotatable bonds is 2. The van der Waals surface area contributed by atoms with Gasteiger partial charge in [0.2, 0.25) is 0 Å². The van der Waals surface area contributed by atoms with Gasteiger partial charge >= 0.3 is 0 Å². The van der Waals surface area contributed by atoms with Gasteiger partial charge in [-0.05, 0) is 42.8 Å². The third kappa shape index (κ3) is 2.09. The number of methoxy groups -OCH3 is 1. The molecule has 0 saturated heterocycles. The minimum Gasteiger partial charge on any atom is -0.507 e. The third-order valence-corrected chi connectivity index (χ3v) is 3.61. The SMILES string of the molecule is COc1ccc(-c2ccc(F)c(C)c2O)c2cccnc12. The van der Waals surface area contributed by atoms with Crippen molar-refractivity contribution in [2.24, 2.45) is 0 Å². The number of nitrogens with zero attached hydrogens (tertiary/aromatic N) is 1. The molecule has 0 aliphatic rings. The summed E-state index contributed by atoms with van der Waals surface area (Å²) in [4.78, 5) is 4.33. The quantitative estimate of drug-likeness (QED) is 0.771. The zero-order valence-corrected chi connectivity index (χ0v) is 11.7. The molecule has 0 fully saturated rings. The normalized spacial score (nSPS) is 10.8. The summed E-state index contributed by atoms with van der Waals surface area (Å²) in [5, 5.41) is 11.1. The van der Waals surface area contributed by atoms with Gasteiger partial charge in [-0.15, -0.1) is 0 Å². The Morgan fingerprint density at radius 3 is 2.62 bits per heavy atom. The fourth-order valence-electron chi connectivity index (χ4n) is 2.44. The Labute approximate surface area is 121 Å². The highest BCUT2D eigenvalue weighted by Gasteiger charge is 2.14. The Kier molecular flexibility index (Phi) is 3.22. The van der Waals surface area contributed by atoms with E-state index in [0.717, 1.165) is 10.9 Å². The van der Waals surface area contributed by atoms with E-state index in [1.54, 1.807) is 32.4 Å². The van der Waals surface area contributed by atoms with Gasteiger partial charge in [-0.1, -0.05) is 6.07 Å². The van der Waals surface area contributed by atoms with Gasteiger partial charge in [0.1, 0.15) is 22.8 Å². The Hall–Kier alpha value is -2.62. The van der Waals surface area contributed by atoms with Crippen molar-refractivity contribution in [2.45, 2.75) is 6.92 Å². The van der Waals surface area contributed by atoms with Crippen LogP contribution in [0.4, 0.5) is 4.39 Å². The monoisotopic (exact) mass is 283 g/mol. The zero-order valence-electron chi connectivity index (χ0n) is 11.7. The van der Waals surface area contributed by atoms with Crippen LogP contribution in [0.3, 0.4) is 0 Å². The van der Waals surface area contributed by atoms with Gasteiger partial charge in [-0.3, -0.25) is 4.98 Å². The predicted molar refractivity (Wildman–Crippen MR) is 80.1 cm³/mol. The molecule has 2 aromatic carbocycles. The number of hydrogen-bond donors (Lipinski definition) is 1. The van der Waals surface area contributed by atoms with E-state index in [1.165, 1.54) is 6.07 Å². The number of fused-ring (bicyclic) bond motifs is 1. The van der Waals surface area contributed by atoms with Gasteiger partial charge in [0.25, 0.3) is 0 Å². The summed E-state index contributed by atoms with van der Waals surface area (Å²) in [6, 6.07) is 10.3. The first kappa shape index (κ1) is 13.4. The van der Waals surface area contributed by atoms with Gasteiger partial charge in [-0.25, -0.2) is 4.39 Å². The molecule has 0 atom stereocenters. The number of benzene rings is 2. The van der Waals surface area contributed by atoms with Crippen molar-refractivity contribution >= 4 is 10.9 Å². The fraction of sp³-hybridized carbons (Fsp3) is 0.118. The number of pyridine rings is 1. The van der Waals surface area contributed by atoms with E-state index in [4.69, 9.17) is 4.74 Å². The second-order valence-electron chi connectivity index (χ2n) is 4.78. The highest BCUT2D eigenvalue weighted by molar-refractivity contribution is 5.99. The summed E-state index contributed by atoms with van der Waals surface area (Å²) in [7, 11) is 1.59. The summed E-state index contributed by atoms with van der Waals surface area (Å²) in [5.41, 5.74) is 2.31. The molecule has 0 unspecified atom stereocenters. The minimum atomic E-state index is -0.424. The number of aromatic hydroxyl groups is 1. The molecule has 0 radical (unpaired) electrons. The average molecular weight is 283 g/mol. The number of halogens is 1. The van der Waals surface area contributed by atoms with Gasteiger partial charge < -0.3 is 9.84 Å². The van der Waals surface area contributed by atoms with Crippen LogP contribution in [-0.2, 0) is 0 Å². The highest BCUT2D eigenvalue weighted by atomic mass is 19.1. The lowest BCUT2D eigenvalue weighted by atomic mass is 9.97. The summed E-state index contributed by atoms with van der Waals surface area (Å²) < 4.78 is 18.8. The van der Waals surface area contributed by atoms with E-state index in [2.05, 4.69) is 4.98 Å². The number of hydrogen-bond acceptors (Lipinski definition) is 3. The van der Waals surface area contributed by atoms with Crippen LogP contribution in [0.25, 0.3) is 22.0 Å². The first-order valence-electron chi connectivity index (χ1n) is 6.53. The standard InChI is InChI=1S/C17H14FNO2/c1-10-14(18)7-5-13(17(10)20)11-6-8-15(21-2)16-12(11)4-3-9-19-16/h3-9,20H,1-2H3. The minimum absolute atomic E-state index is 0.0506. The molecule has 0 bridgehead atoms. The molecular formula is C17H14FNO2. The van der Waals surface area contributed by atoms with Gasteiger partial charge in [0, 0.05) is 22.7 Å². The smallest absolute Gasteiger partial charge is 0.145 e. The number of phenols is 1. The Bertz CT molecular complexity index is 830. The summed E-state index contributed by atoms with van der Waals surface area (Å²) in [6.45, 7) is 1.55. The van der Waals surface area contributed by atoms with E-state index in [1.807, 2.05) is 18.2 Å². The van der Waals surface area contributed by atoms with Crippen LogP contribution in [0.15, 0.2) is 42.6 Å². The molecule has 1 N–H and O–H groups in total. The molecule has 106 valence electrons. The maximum absolute atomic E-state index is 13.5. The topological polar surface area (TPSA) is 42.4 Å². The second kappa shape index (κ2) is 5.05. The third-order valence-electron chi connectivity index (χ3n) is 3.61. The molecule has 0 saturated carbocycles. The number of phenolic OH excluding ortho intramolecular Hbond substituents is 1. The molecule has 21 heavy (non-hydrogen) atoms. The van der Waals surface area contributed by atoms with E-state index >= 15 is 0 Å². The molecule has 3 rings (SSSR count). The van der Waals surface area contributed by atoms with E-state index in [0.29, 0.717) is 16.8 Å². The van der Waals surface area contributed by atoms with Crippen LogP contribution < -0.4 is 4.74 Å². The lowest BCUT2D eigenvalue weighted by Crippen LogP contribution is -1.92. The van der Waals surface area contributed by atoms with E-state index in [9.17, 15) is 9.50 Å². The van der Waals surface area contributed by atoms with Crippen LogP contribution in [-0.4, -0.2) is 17.2 Å². The van der Waals surface area contributed by atoms with Crippen molar-refractivity contribution in [3.63, 3.8) is 0 Å². The first-order chi connectivity index (χ1) is 10.1. The van der Waals surface area contributed by atoms with Crippen molar-refractivity contribution in [2.75, 3.05) is 7.11 Å². The lowest BCUT2D eigenvalue weighted by molar-refractivity contribution is 0.419. The van der Waals surface area contributed by atoms with Crippen molar-refractivity contribution in [1.29, 1.82) is 0 Å². The molecule has 4 heteroatoms. The molecule has 3 aromatic rings. The molecule has 0 aliphatic carbocycles. The lowest BCUT2D eigenvalue weighted by Gasteiger charge is -2.12. The van der Waals surface area contributed by atoms with E-state index in [-0.39, 0.29) is 11.3 Å². The fourth-order valence-corrected chi connectivity index (χ4v) is 2.44. The Morgan fingerprint density at radius 2 is 1.86 bits per heavy atom. The number of aromatic nitrogens is 1. The number of ether oxygens (including phenoxy) is 1. The Balaban J connectivity index is 2.34. The summed E-state index contributed by atoms with van der Waals surface area (Å²) >= 11 is 0. The van der Waals surface area contributed by atoms with Crippen molar-refractivity contribution in [3.05, 3.63) is 54.0 Å². The molecule has 1 aromatic heterocycles. The van der Waals surface area contributed by atoms with Crippen LogP contribution in [0, 0.1) is 12.7 Å². The van der Waals surface area contributed by atoms with Crippen LogP contribution in [0.1, 0.15) is 5.56 Å². The Morgan fingerprint density at radius 1 is 1.10 bits per heavy atom. The van der Waals surface area contributed by atoms with Crippen LogP contribution in [0.2, 0.25) is 0 Å². The molecule has 1 heterocycles. The largest absolute Gasteiger partial charge is 0.507 e. The summed E-state index contributed by atoms with van der Waals surface area (Å²) in [6.07, 6.45) is 1.68. The van der Waals surface area contributed by atoms with Gasteiger partial charge in [0.15, 0.2) is 0 Å². The maximum atomic E-state index is 13.5. The van der Waals surface area contributed by atoms with Crippen molar-refractivity contribution < 1.29 is 14.2 Å². The molecule has 0 spiro atoms. The highest BCUT2D eigenvalue weighted by Crippen LogP contribution is 2.39. The molecule has 0 aliphatic heterocycles. The second-order valence-corrected chi connectivity index (χ2v) is 4.78. The van der Waals surface area contributed by atoms with Gasteiger partial charge in [0.05, 0.1) is 7.11 Å². The van der Waals surface area contributed by atoms with Crippen LogP contribution >= 0.6 is 0 Å². The maximum Gasteiger partial charge on any atom is 0.145 e. The van der Waals surface area contributed by atoms with E-state index < -0.39 is 5.82 Å². The zero-order chi connectivity index (χ0) is 15.0.